The molecule has 0 aliphatic heterocycles. The fourth-order valence-electron chi connectivity index (χ4n) is 2.24. The first kappa shape index (κ1) is 18.7. The minimum atomic E-state index is -3.67. The molecule has 9 heteroatoms. The Morgan fingerprint density at radius 3 is 2.40 bits per heavy atom. The van der Waals surface area contributed by atoms with E-state index in [9.17, 15) is 23.1 Å². The number of benzene rings is 1. The standard InChI is InChI=1S/C16H19N3O5S/c1-10-5-6-13(12(7-10)16(21)22)17-15(20)14-8-11(9-19(14)4)25(23,24)18(2)3/h5-9H,1-4H3,(H,17,20)(H,21,22). The van der Waals surface area contributed by atoms with E-state index in [0.717, 1.165) is 9.87 Å². The minimum Gasteiger partial charge on any atom is -0.478 e. The van der Waals surface area contributed by atoms with Crippen molar-refractivity contribution in [2.75, 3.05) is 19.4 Å². The fourth-order valence-corrected chi connectivity index (χ4v) is 3.22. The van der Waals surface area contributed by atoms with Gasteiger partial charge in [0.15, 0.2) is 0 Å². The number of sulfonamides is 1. The highest BCUT2D eigenvalue weighted by molar-refractivity contribution is 7.89. The van der Waals surface area contributed by atoms with Crippen LogP contribution in [0.5, 0.6) is 0 Å². The molecule has 134 valence electrons. The number of rotatable bonds is 5. The summed E-state index contributed by atoms with van der Waals surface area (Å²) in [5.74, 6) is -1.77. The van der Waals surface area contributed by atoms with Crippen molar-refractivity contribution < 1.29 is 23.1 Å². The number of nitrogens with zero attached hydrogens (tertiary/aromatic N) is 2. The average Bonchev–Trinajstić information content (AvgIpc) is 2.91. The second-order valence-corrected chi connectivity index (χ2v) is 7.92. The third-order valence-corrected chi connectivity index (χ3v) is 5.43. The predicted octanol–water partition coefficient (Wildman–Crippen LogP) is 1.53. The highest BCUT2D eigenvalue weighted by Gasteiger charge is 2.23. The smallest absolute Gasteiger partial charge is 0.337 e. The highest BCUT2D eigenvalue weighted by atomic mass is 32.2. The molecule has 0 saturated carbocycles. The number of hydrogen-bond acceptors (Lipinski definition) is 4. The summed E-state index contributed by atoms with van der Waals surface area (Å²) in [6.45, 7) is 1.74. The normalized spacial score (nSPS) is 11.6. The zero-order valence-electron chi connectivity index (χ0n) is 14.3. The topological polar surface area (TPSA) is 109 Å². The summed E-state index contributed by atoms with van der Waals surface area (Å²) in [6, 6.07) is 5.87. The first-order chi connectivity index (χ1) is 11.5. The number of hydrogen-bond donors (Lipinski definition) is 2. The molecule has 8 nitrogen and oxygen atoms in total. The lowest BCUT2D eigenvalue weighted by molar-refractivity contribution is 0.0698. The van der Waals surface area contributed by atoms with Gasteiger partial charge in [-0.25, -0.2) is 17.5 Å². The number of nitrogens with one attached hydrogen (secondary N) is 1. The van der Waals surface area contributed by atoms with Crippen LogP contribution in [0.15, 0.2) is 35.4 Å². The first-order valence-electron chi connectivity index (χ1n) is 7.28. The summed E-state index contributed by atoms with van der Waals surface area (Å²) >= 11 is 0. The second kappa shape index (κ2) is 6.69. The Balaban J connectivity index is 2.38. The Labute approximate surface area is 145 Å². The minimum absolute atomic E-state index is 0.0208. The molecule has 0 atom stereocenters. The maximum absolute atomic E-state index is 12.5. The molecule has 1 heterocycles. The Morgan fingerprint density at radius 2 is 1.84 bits per heavy atom. The first-order valence-corrected chi connectivity index (χ1v) is 8.72. The van der Waals surface area contributed by atoms with Crippen LogP contribution in [0.25, 0.3) is 0 Å². The van der Waals surface area contributed by atoms with Gasteiger partial charge in [0, 0.05) is 27.3 Å². The van der Waals surface area contributed by atoms with E-state index >= 15 is 0 Å². The van der Waals surface area contributed by atoms with Crippen LogP contribution in [-0.4, -0.2) is 48.4 Å². The molecule has 0 spiro atoms. The molecule has 0 unspecified atom stereocenters. The lowest BCUT2D eigenvalue weighted by atomic mass is 10.1. The zero-order valence-corrected chi connectivity index (χ0v) is 15.1. The molecule has 25 heavy (non-hydrogen) atoms. The maximum Gasteiger partial charge on any atom is 0.337 e. The maximum atomic E-state index is 12.5. The highest BCUT2D eigenvalue weighted by Crippen LogP contribution is 2.21. The van der Waals surface area contributed by atoms with Crippen LogP contribution in [0.3, 0.4) is 0 Å². The summed E-state index contributed by atoms with van der Waals surface area (Å²) in [4.78, 5) is 23.8. The van der Waals surface area contributed by atoms with Gasteiger partial charge in [0.05, 0.1) is 11.3 Å². The lowest BCUT2D eigenvalue weighted by Gasteiger charge is -2.10. The predicted molar refractivity (Wildman–Crippen MR) is 92.4 cm³/mol. The van der Waals surface area contributed by atoms with Gasteiger partial charge >= 0.3 is 5.97 Å². The van der Waals surface area contributed by atoms with Gasteiger partial charge in [-0.05, 0) is 25.1 Å². The van der Waals surface area contributed by atoms with Crippen molar-refractivity contribution in [3.05, 3.63) is 47.3 Å². The van der Waals surface area contributed by atoms with Crippen molar-refractivity contribution >= 4 is 27.6 Å². The monoisotopic (exact) mass is 365 g/mol. The largest absolute Gasteiger partial charge is 0.478 e. The summed E-state index contributed by atoms with van der Waals surface area (Å²) in [6.07, 6.45) is 1.33. The molecule has 0 bridgehead atoms. The number of anilines is 1. The molecule has 0 aliphatic carbocycles. The number of amides is 1. The molecular formula is C16H19N3O5S. The molecular weight excluding hydrogens is 346 g/mol. The van der Waals surface area contributed by atoms with Crippen LogP contribution < -0.4 is 5.32 Å². The van der Waals surface area contributed by atoms with E-state index in [1.54, 1.807) is 13.0 Å². The van der Waals surface area contributed by atoms with Crippen molar-refractivity contribution in [1.82, 2.24) is 8.87 Å². The van der Waals surface area contributed by atoms with Crippen molar-refractivity contribution in [2.24, 2.45) is 7.05 Å². The van der Waals surface area contributed by atoms with Crippen molar-refractivity contribution in [2.45, 2.75) is 11.8 Å². The van der Waals surface area contributed by atoms with Crippen molar-refractivity contribution in [3.8, 4) is 0 Å². The quantitative estimate of drug-likeness (QED) is 0.835. The number of aromatic nitrogens is 1. The fraction of sp³-hybridized carbons (Fsp3) is 0.250. The molecule has 0 saturated heterocycles. The van der Waals surface area contributed by atoms with Gasteiger partial charge in [-0.15, -0.1) is 0 Å². The van der Waals surface area contributed by atoms with Gasteiger partial charge in [0.2, 0.25) is 10.0 Å². The van der Waals surface area contributed by atoms with E-state index in [2.05, 4.69) is 5.32 Å². The average molecular weight is 365 g/mol. The molecule has 1 aromatic heterocycles. The van der Waals surface area contributed by atoms with E-state index in [1.807, 2.05) is 0 Å². The van der Waals surface area contributed by atoms with Gasteiger partial charge in [-0.1, -0.05) is 11.6 Å². The van der Waals surface area contributed by atoms with Crippen LogP contribution in [0.4, 0.5) is 5.69 Å². The van der Waals surface area contributed by atoms with Crippen molar-refractivity contribution in [3.63, 3.8) is 0 Å². The Kier molecular flexibility index (Phi) is 5.00. The van der Waals surface area contributed by atoms with E-state index in [4.69, 9.17) is 0 Å². The second-order valence-electron chi connectivity index (χ2n) is 5.77. The van der Waals surface area contributed by atoms with E-state index < -0.39 is 21.9 Å². The zero-order chi connectivity index (χ0) is 18.9. The number of carbonyl (C=O) groups excluding carboxylic acids is 1. The van der Waals surface area contributed by atoms with Crippen molar-refractivity contribution in [1.29, 1.82) is 0 Å². The molecule has 0 radical (unpaired) electrons. The van der Waals surface area contributed by atoms with Crippen LogP contribution >= 0.6 is 0 Å². The Hall–Kier alpha value is -2.65. The third kappa shape index (κ3) is 3.72. The molecule has 1 aromatic carbocycles. The third-order valence-electron chi connectivity index (χ3n) is 3.64. The summed E-state index contributed by atoms with van der Waals surface area (Å²) < 4.78 is 26.7. The Morgan fingerprint density at radius 1 is 1.20 bits per heavy atom. The van der Waals surface area contributed by atoms with Gasteiger partial charge < -0.3 is 15.0 Å². The number of aryl methyl sites for hydroxylation is 2. The van der Waals surface area contributed by atoms with Crippen LogP contribution in [0.1, 0.15) is 26.4 Å². The van der Waals surface area contributed by atoms with Crippen LogP contribution in [0.2, 0.25) is 0 Å². The van der Waals surface area contributed by atoms with Gasteiger partial charge in [-0.3, -0.25) is 4.79 Å². The van der Waals surface area contributed by atoms with E-state index in [-0.39, 0.29) is 21.8 Å². The number of carboxylic acid groups (broad SMARTS) is 1. The van der Waals surface area contributed by atoms with E-state index in [1.165, 1.54) is 50.1 Å². The molecule has 0 aliphatic rings. The van der Waals surface area contributed by atoms with Gasteiger partial charge in [-0.2, -0.15) is 0 Å². The SMILES string of the molecule is Cc1ccc(NC(=O)c2cc(S(=O)(=O)N(C)C)cn2C)c(C(=O)O)c1. The summed E-state index contributed by atoms with van der Waals surface area (Å²) in [7, 11) is 0.657. The van der Waals surface area contributed by atoms with Gasteiger partial charge in [0.1, 0.15) is 10.6 Å². The Bertz CT molecular complexity index is 945. The lowest BCUT2D eigenvalue weighted by Crippen LogP contribution is -2.21. The molecule has 0 fully saturated rings. The van der Waals surface area contributed by atoms with Crippen LogP contribution in [0, 0.1) is 6.92 Å². The summed E-state index contributed by atoms with van der Waals surface area (Å²) in [5, 5.41) is 11.8. The number of carboxylic acids is 1. The number of aromatic carboxylic acids is 1. The molecule has 2 rings (SSSR count). The van der Waals surface area contributed by atoms with Crippen LogP contribution in [-0.2, 0) is 17.1 Å². The molecule has 2 aromatic rings. The van der Waals surface area contributed by atoms with E-state index in [0.29, 0.717) is 0 Å². The molecule has 1 amide bonds. The molecule has 2 N–H and O–H groups in total. The summed E-state index contributed by atoms with van der Waals surface area (Å²) in [5.41, 5.74) is 0.941. The van der Waals surface area contributed by atoms with Gasteiger partial charge in [0.25, 0.3) is 5.91 Å². The number of carbonyl (C=O) groups is 2.